The average Bonchev–Trinajstić information content (AvgIpc) is 2.70. The molecule has 0 fully saturated rings. The minimum atomic E-state index is -0.373. The Morgan fingerprint density at radius 2 is 1.81 bits per heavy atom. The molecular weight excluding hydrogens is 364 g/mol. The Kier molecular flexibility index (Phi) is 6.62. The van der Waals surface area contributed by atoms with Gasteiger partial charge >= 0.3 is 5.97 Å². The van der Waals surface area contributed by atoms with Gasteiger partial charge in [-0.3, -0.25) is 14.2 Å². The predicted octanol–water partition coefficient (Wildman–Crippen LogP) is 3.06. The number of thioether (sulfide) groups is 1. The molecule has 0 unspecified atom stereocenters. The molecule has 0 saturated carbocycles. The summed E-state index contributed by atoms with van der Waals surface area (Å²) in [4.78, 5) is 29.6. The highest BCUT2D eigenvalue weighted by molar-refractivity contribution is 7.99. The smallest absolute Gasteiger partial charge is 0.316 e. The van der Waals surface area contributed by atoms with E-state index in [2.05, 4.69) is 4.98 Å². The highest BCUT2D eigenvalue weighted by atomic mass is 32.2. The number of benzene rings is 2. The summed E-state index contributed by atoms with van der Waals surface area (Å²) in [6.45, 7) is 3.04. The SMILES string of the molecule is CCOCCOC(=O)CSc1nc2ccccc2c(=O)n1-c1ccccc1. The van der Waals surface area contributed by atoms with Crippen molar-refractivity contribution >= 4 is 28.6 Å². The van der Waals surface area contributed by atoms with Gasteiger partial charge in [-0.25, -0.2) is 4.98 Å². The quantitative estimate of drug-likeness (QED) is 0.257. The first-order chi connectivity index (χ1) is 13.2. The second kappa shape index (κ2) is 9.34. The number of carbonyl (C=O) groups is 1. The molecular formula is C20H20N2O4S. The maximum absolute atomic E-state index is 13.0. The minimum Gasteiger partial charge on any atom is -0.463 e. The van der Waals surface area contributed by atoms with E-state index in [4.69, 9.17) is 9.47 Å². The van der Waals surface area contributed by atoms with Crippen LogP contribution in [0.5, 0.6) is 0 Å². The fourth-order valence-electron chi connectivity index (χ4n) is 2.54. The third-order valence-corrected chi connectivity index (χ3v) is 4.69. The summed E-state index contributed by atoms with van der Waals surface area (Å²) in [5.41, 5.74) is 1.13. The lowest BCUT2D eigenvalue weighted by Gasteiger charge is -2.13. The minimum absolute atomic E-state index is 0.0593. The summed E-state index contributed by atoms with van der Waals surface area (Å²) in [5, 5.41) is 0.983. The van der Waals surface area contributed by atoms with Crippen LogP contribution < -0.4 is 5.56 Å². The van der Waals surface area contributed by atoms with Gasteiger partial charge in [0.1, 0.15) is 6.61 Å². The van der Waals surface area contributed by atoms with Gasteiger partial charge in [-0.1, -0.05) is 42.1 Å². The third kappa shape index (κ3) is 4.75. The topological polar surface area (TPSA) is 70.4 Å². The van der Waals surface area contributed by atoms with E-state index in [0.29, 0.717) is 35.0 Å². The van der Waals surface area contributed by atoms with Gasteiger partial charge in [-0.2, -0.15) is 0 Å². The van der Waals surface area contributed by atoms with E-state index in [1.165, 1.54) is 16.3 Å². The molecule has 0 bridgehead atoms. The van der Waals surface area contributed by atoms with Crippen LogP contribution in [0.1, 0.15) is 6.92 Å². The summed E-state index contributed by atoms with van der Waals surface area (Å²) < 4.78 is 11.8. The monoisotopic (exact) mass is 384 g/mol. The molecule has 27 heavy (non-hydrogen) atoms. The lowest BCUT2D eigenvalue weighted by atomic mass is 10.2. The molecule has 2 aromatic carbocycles. The first-order valence-electron chi connectivity index (χ1n) is 8.64. The van der Waals surface area contributed by atoms with Gasteiger partial charge in [0.15, 0.2) is 5.16 Å². The Labute approximate surface area is 161 Å². The second-order valence-electron chi connectivity index (χ2n) is 5.59. The molecule has 6 nitrogen and oxygen atoms in total. The van der Waals surface area contributed by atoms with Crippen LogP contribution in [0.2, 0.25) is 0 Å². The van der Waals surface area contributed by atoms with Crippen molar-refractivity contribution in [2.45, 2.75) is 12.1 Å². The Morgan fingerprint density at radius 1 is 1.07 bits per heavy atom. The molecule has 0 amide bonds. The Balaban J connectivity index is 1.87. The highest BCUT2D eigenvalue weighted by Crippen LogP contribution is 2.21. The van der Waals surface area contributed by atoms with Crippen LogP contribution in [0.25, 0.3) is 16.6 Å². The number of para-hydroxylation sites is 2. The Bertz CT molecular complexity index is 973. The van der Waals surface area contributed by atoms with E-state index in [-0.39, 0.29) is 23.9 Å². The standard InChI is InChI=1S/C20H20N2O4S/c1-2-25-12-13-26-18(23)14-27-20-21-17-11-7-6-10-16(17)19(24)22(20)15-8-4-3-5-9-15/h3-11H,2,12-14H2,1H3. The number of nitrogens with zero attached hydrogens (tertiary/aromatic N) is 2. The van der Waals surface area contributed by atoms with Crippen molar-refractivity contribution in [1.82, 2.24) is 9.55 Å². The van der Waals surface area contributed by atoms with Crippen LogP contribution >= 0.6 is 11.8 Å². The number of fused-ring (bicyclic) bond motifs is 1. The van der Waals surface area contributed by atoms with Crippen LogP contribution in [0, 0.1) is 0 Å². The lowest BCUT2D eigenvalue weighted by Crippen LogP contribution is -2.22. The molecule has 0 saturated heterocycles. The number of esters is 1. The van der Waals surface area contributed by atoms with Crippen molar-refractivity contribution in [2.75, 3.05) is 25.6 Å². The molecule has 3 rings (SSSR count). The molecule has 1 aromatic heterocycles. The van der Waals surface area contributed by atoms with Crippen molar-refractivity contribution in [3.05, 3.63) is 65.0 Å². The number of carbonyl (C=O) groups excluding carboxylic acids is 1. The zero-order chi connectivity index (χ0) is 19.1. The molecule has 140 valence electrons. The average molecular weight is 384 g/mol. The number of ether oxygens (including phenoxy) is 2. The summed E-state index contributed by atoms with van der Waals surface area (Å²) in [5.74, 6) is -0.314. The van der Waals surface area contributed by atoms with Crippen LogP contribution in [0.3, 0.4) is 0 Å². The molecule has 0 aliphatic rings. The summed E-state index contributed by atoms with van der Waals surface area (Å²) in [7, 11) is 0. The molecule has 0 atom stereocenters. The van der Waals surface area contributed by atoms with Crippen molar-refractivity contribution < 1.29 is 14.3 Å². The van der Waals surface area contributed by atoms with Gasteiger partial charge in [-0.05, 0) is 31.2 Å². The predicted molar refractivity (Wildman–Crippen MR) is 106 cm³/mol. The van der Waals surface area contributed by atoms with Gasteiger partial charge in [0.05, 0.1) is 29.0 Å². The Hall–Kier alpha value is -2.64. The fraction of sp³-hybridized carbons (Fsp3) is 0.250. The van der Waals surface area contributed by atoms with Crippen LogP contribution in [-0.4, -0.2) is 41.1 Å². The van der Waals surface area contributed by atoms with Crippen LogP contribution in [0.15, 0.2) is 64.5 Å². The second-order valence-corrected chi connectivity index (χ2v) is 6.54. The molecule has 0 radical (unpaired) electrons. The zero-order valence-corrected chi connectivity index (χ0v) is 15.8. The van der Waals surface area contributed by atoms with E-state index >= 15 is 0 Å². The number of hydrogen-bond donors (Lipinski definition) is 0. The van der Waals surface area contributed by atoms with E-state index in [1.54, 1.807) is 12.1 Å². The molecule has 0 aliphatic heterocycles. The van der Waals surface area contributed by atoms with Crippen molar-refractivity contribution in [1.29, 1.82) is 0 Å². The number of aromatic nitrogens is 2. The van der Waals surface area contributed by atoms with Gasteiger partial charge in [0.2, 0.25) is 0 Å². The number of rotatable bonds is 8. The summed E-state index contributed by atoms with van der Waals surface area (Å²) >= 11 is 1.18. The Morgan fingerprint density at radius 3 is 2.59 bits per heavy atom. The van der Waals surface area contributed by atoms with Crippen molar-refractivity contribution in [3.8, 4) is 5.69 Å². The summed E-state index contributed by atoms with van der Waals surface area (Å²) in [6, 6.07) is 16.4. The molecule has 1 heterocycles. The molecule has 0 spiro atoms. The molecule has 3 aromatic rings. The summed E-state index contributed by atoms with van der Waals surface area (Å²) in [6.07, 6.45) is 0. The number of hydrogen-bond acceptors (Lipinski definition) is 6. The van der Waals surface area contributed by atoms with Crippen molar-refractivity contribution in [2.24, 2.45) is 0 Å². The largest absolute Gasteiger partial charge is 0.463 e. The molecule has 7 heteroatoms. The lowest BCUT2D eigenvalue weighted by molar-refractivity contribution is -0.141. The van der Waals surface area contributed by atoms with Gasteiger partial charge < -0.3 is 9.47 Å². The normalized spacial score (nSPS) is 10.9. The van der Waals surface area contributed by atoms with E-state index in [1.807, 2.05) is 49.4 Å². The fourth-order valence-corrected chi connectivity index (χ4v) is 3.35. The van der Waals surface area contributed by atoms with E-state index in [9.17, 15) is 9.59 Å². The zero-order valence-electron chi connectivity index (χ0n) is 15.0. The van der Waals surface area contributed by atoms with Gasteiger partial charge in [0, 0.05) is 6.61 Å². The van der Waals surface area contributed by atoms with Gasteiger partial charge in [0.25, 0.3) is 5.56 Å². The third-order valence-electron chi connectivity index (χ3n) is 3.77. The first-order valence-corrected chi connectivity index (χ1v) is 9.62. The van der Waals surface area contributed by atoms with E-state index < -0.39 is 0 Å². The van der Waals surface area contributed by atoms with Crippen LogP contribution in [0.4, 0.5) is 0 Å². The first kappa shape index (κ1) is 19.1. The maximum Gasteiger partial charge on any atom is 0.316 e. The maximum atomic E-state index is 13.0. The highest BCUT2D eigenvalue weighted by Gasteiger charge is 2.15. The van der Waals surface area contributed by atoms with E-state index in [0.717, 1.165) is 0 Å². The molecule has 0 aliphatic carbocycles. The van der Waals surface area contributed by atoms with Crippen molar-refractivity contribution in [3.63, 3.8) is 0 Å². The molecule has 0 N–H and O–H groups in total. The van der Waals surface area contributed by atoms with Crippen LogP contribution in [-0.2, 0) is 14.3 Å². The van der Waals surface area contributed by atoms with Gasteiger partial charge in [-0.15, -0.1) is 0 Å².